The number of nitrogens with one attached hydrogen (secondary N) is 1. The minimum Gasteiger partial charge on any atom is -0.377 e. The van der Waals surface area contributed by atoms with E-state index in [1.807, 2.05) is 0 Å². The zero-order valence-electron chi connectivity index (χ0n) is 18.0. The van der Waals surface area contributed by atoms with Crippen LogP contribution in [-0.4, -0.2) is 63.2 Å². The van der Waals surface area contributed by atoms with Crippen molar-refractivity contribution >= 4 is 27.1 Å². The zero-order chi connectivity index (χ0) is 22.7. The molecule has 2 aromatic rings. The quantitative estimate of drug-likeness (QED) is 0.477. The lowest BCUT2D eigenvalue weighted by Gasteiger charge is -2.35. The van der Waals surface area contributed by atoms with Gasteiger partial charge in [0.1, 0.15) is 5.69 Å². The van der Waals surface area contributed by atoms with E-state index in [-0.39, 0.29) is 28.9 Å². The van der Waals surface area contributed by atoms with Crippen LogP contribution in [0.1, 0.15) is 19.8 Å². The van der Waals surface area contributed by atoms with Gasteiger partial charge in [-0.2, -0.15) is 0 Å². The summed E-state index contributed by atoms with van der Waals surface area (Å²) in [7, 11) is -3.95. The van der Waals surface area contributed by atoms with E-state index in [1.165, 1.54) is 22.9 Å². The van der Waals surface area contributed by atoms with E-state index >= 15 is 0 Å². The summed E-state index contributed by atoms with van der Waals surface area (Å²) >= 11 is 0. The maximum atomic E-state index is 13.2. The van der Waals surface area contributed by atoms with E-state index in [4.69, 9.17) is 4.74 Å². The molecule has 9 nitrogen and oxygen atoms in total. The summed E-state index contributed by atoms with van der Waals surface area (Å²) in [5.74, 6) is 0. The van der Waals surface area contributed by atoms with Gasteiger partial charge in [-0.15, -0.1) is 0 Å². The summed E-state index contributed by atoms with van der Waals surface area (Å²) in [5.41, 5.74) is 0.517. The first kappa shape index (κ1) is 22.5. The number of nitro groups is 1. The standard InChI is InChI=1S/C22H28N4O5S/c1-2-25(17-7-4-3-5-8-17)32(29,30)20-10-11-21(22(13-20)26(27)28)23-14-19-15-24-12-6-9-18(24)16-31-19/h3-5,7-8,10-11,13,18-19,23H,2,6,9,12,14-16H2,1H3/t18-,19+/m0/s1. The molecule has 0 bridgehead atoms. The Morgan fingerprint density at radius 2 is 2.03 bits per heavy atom. The number of morpholine rings is 1. The van der Waals surface area contributed by atoms with Crippen LogP contribution in [0.4, 0.5) is 17.1 Å². The van der Waals surface area contributed by atoms with Gasteiger partial charge < -0.3 is 10.1 Å². The number of rotatable bonds is 8. The van der Waals surface area contributed by atoms with E-state index in [2.05, 4.69) is 10.2 Å². The average Bonchev–Trinajstić information content (AvgIpc) is 3.26. The van der Waals surface area contributed by atoms with Crippen LogP contribution in [-0.2, 0) is 14.8 Å². The van der Waals surface area contributed by atoms with Crippen LogP contribution in [0.3, 0.4) is 0 Å². The summed E-state index contributed by atoms with van der Waals surface area (Å²) in [6.07, 6.45) is 2.26. The van der Waals surface area contributed by atoms with Crippen LogP contribution in [0.15, 0.2) is 53.4 Å². The molecular formula is C22H28N4O5S. The lowest BCUT2D eigenvalue weighted by Crippen LogP contribution is -2.48. The van der Waals surface area contributed by atoms with Crippen molar-refractivity contribution in [1.82, 2.24) is 4.90 Å². The number of nitro benzene ring substituents is 1. The highest BCUT2D eigenvalue weighted by Gasteiger charge is 2.32. The van der Waals surface area contributed by atoms with Crippen LogP contribution in [0.25, 0.3) is 0 Å². The molecule has 2 heterocycles. The molecule has 172 valence electrons. The maximum Gasteiger partial charge on any atom is 0.293 e. The molecule has 0 unspecified atom stereocenters. The molecule has 0 saturated carbocycles. The second-order valence-electron chi connectivity index (χ2n) is 8.07. The van der Waals surface area contributed by atoms with Crippen LogP contribution in [0.5, 0.6) is 0 Å². The fourth-order valence-corrected chi connectivity index (χ4v) is 5.91. The third kappa shape index (κ3) is 4.57. The fourth-order valence-electron chi connectivity index (χ4n) is 4.42. The smallest absolute Gasteiger partial charge is 0.293 e. The third-order valence-corrected chi connectivity index (χ3v) is 7.97. The monoisotopic (exact) mass is 460 g/mol. The molecule has 0 aromatic heterocycles. The van der Waals surface area contributed by atoms with E-state index in [1.54, 1.807) is 37.3 Å². The lowest BCUT2D eigenvalue weighted by atomic mass is 10.2. The first-order chi connectivity index (χ1) is 15.4. The van der Waals surface area contributed by atoms with Gasteiger partial charge in [-0.25, -0.2) is 8.42 Å². The first-order valence-electron chi connectivity index (χ1n) is 10.9. The molecule has 2 atom stereocenters. The molecule has 2 saturated heterocycles. The van der Waals surface area contributed by atoms with Gasteiger partial charge in [-0.05, 0) is 50.6 Å². The van der Waals surface area contributed by atoms with Gasteiger partial charge in [0, 0.05) is 31.7 Å². The van der Waals surface area contributed by atoms with Crippen molar-refractivity contribution in [3.05, 3.63) is 58.6 Å². The highest BCUT2D eigenvalue weighted by atomic mass is 32.2. The minimum atomic E-state index is -3.95. The second kappa shape index (κ2) is 9.43. The van der Waals surface area contributed by atoms with Gasteiger partial charge in [-0.1, -0.05) is 18.2 Å². The van der Waals surface area contributed by atoms with E-state index < -0.39 is 14.9 Å². The number of sulfonamides is 1. The van der Waals surface area contributed by atoms with Crippen LogP contribution in [0, 0.1) is 10.1 Å². The summed E-state index contributed by atoms with van der Waals surface area (Å²) < 4.78 is 33.6. The largest absolute Gasteiger partial charge is 0.377 e. The number of nitrogens with zero attached hydrogens (tertiary/aromatic N) is 3. The Morgan fingerprint density at radius 3 is 2.75 bits per heavy atom. The van der Waals surface area contributed by atoms with Crippen LogP contribution < -0.4 is 9.62 Å². The predicted molar refractivity (Wildman–Crippen MR) is 123 cm³/mol. The van der Waals surface area contributed by atoms with Crippen LogP contribution >= 0.6 is 0 Å². The molecule has 0 spiro atoms. The van der Waals surface area contributed by atoms with Gasteiger partial charge in [0.15, 0.2) is 0 Å². The van der Waals surface area contributed by atoms with Crippen molar-refractivity contribution in [2.45, 2.75) is 36.8 Å². The highest BCUT2D eigenvalue weighted by molar-refractivity contribution is 7.92. The lowest BCUT2D eigenvalue weighted by molar-refractivity contribution is -0.384. The van der Waals surface area contributed by atoms with Gasteiger partial charge >= 0.3 is 0 Å². The van der Waals surface area contributed by atoms with E-state index in [0.717, 1.165) is 25.6 Å². The van der Waals surface area contributed by atoms with Crippen molar-refractivity contribution in [3.8, 4) is 0 Å². The van der Waals surface area contributed by atoms with Crippen molar-refractivity contribution < 1.29 is 18.1 Å². The summed E-state index contributed by atoms with van der Waals surface area (Å²) in [6.45, 7) is 4.88. The number of benzene rings is 2. The first-order valence-corrected chi connectivity index (χ1v) is 12.3. The molecule has 4 rings (SSSR count). The molecule has 2 aliphatic rings. The molecule has 1 N–H and O–H groups in total. The molecular weight excluding hydrogens is 432 g/mol. The molecule has 10 heteroatoms. The Balaban J connectivity index is 1.53. The normalized spacial score (nSPS) is 21.2. The van der Waals surface area contributed by atoms with Gasteiger partial charge in [0.05, 0.1) is 28.2 Å². The summed E-state index contributed by atoms with van der Waals surface area (Å²) in [5, 5.41) is 14.8. The molecule has 0 amide bonds. The molecule has 0 aliphatic carbocycles. The number of fused-ring (bicyclic) bond motifs is 1. The van der Waals surface area contributed by atoms with E-state index in [0.29, 0.717) is 24.9 Å². The number of hydrogen-bond donors (Lipinski definition) is 1. The van der Waals surface area contributed by atoms with Crippen molar-refractivity contribution in [3.63, 3.8) is 0 Å². The highest BCUT2D eigenvalue weighted by Crippen LogP contribution is 2.31. The third-order valence-electron chi connectivity index (χ3n) is 6.07. The Morgan fingerprint density at radius 1 is 1.25 bits per heavy atom. The topological polar surface area (TPSA) is 105 Å². The Kier molecular flexibility index (Phi) is 6.63. The second-order valence-corrected chi connectivity index (χ2v) is 9.93. The predicted octanol–water partition coefficient (Wildman–Crippen LogP) is 3.09. The van der Waals surface area contributed by atoms with Crippen molar-refractivity contribution in [1.29, 1.82) is 0 Å². The number of anilines is 2. The van der Waals surface area contributed by atoms with Gasteiger partial charge in [0.2, 0.25) is 0 Å². The molecule has 2 aromatic carbocycles. The van der Waals surface area contributed by atoms with Gasteiger partial charge in [-0.3, -0.25) is 19.3 Å². The Labute approximate surface area is 188 Å². The van der Waals surface area contributed by atoms with Crippen molar-refractivity contribution in [2.75, 3.05) is 42.4 Å². The molecule has 0 radical (unpaired) electrons. The number of para-hydroxylation sites is 1. The number of hydrogen-bond acceptors (Lipinski definition) is 7. The molecule has 32 heavy (non-hydrogen) atoms. The van der Waals surface area contributed by atoms with Crippen LogP contribution in [0.2, 0.25) is 0 Å². The zero-order valence-corrected chi connectivity index (χ0v) is 18.8. The maximum absolute atomic E-state index is 13.2. The Hall–Kier alpha value is -2.69. The average molecular weight is 461 g/mol. The SMILES string of the molecule is CCN(c1ccccc1)S(=O)(=O)c1ccc(NC[C@@H]2CN3CCC[C@H]3CO2)c([N+](=O)[O-])c1. The molecule has 2 aliphatic heterocycles. The van der Waals surface area contributed by atoms with E-state index in [9.17, 15) is 18.5 Å². The van der Waals surface area contributed by atoms with Crippen molar-refractivity contribution in [2.24, 2.45) is 0 Å². The fraction of sp³-hybridized carbons (Fsp3) is 0.455. The summed E-state index contributed by atoms with van der Waals surface area (Å²) in [6, 6.07) is 13.2. The molecule has 2 fully saturated rings. The minimum absolute atomic E-state index is 0.0685. The number of ether oxygens (including phenoxy) is 1. The Bertz CT molecular complexity index is 1060. The summed E-state index contributed by atoms with van der Waals surface area (Å²) in [4.78, 5) is 13.5. The van der Waals surface area contributed by atoms with Gasteiger partial charge in [0.25, 0.3) is 15.7 Å².